The summed E-state index contributed by atoms with van der Waals surface area (Å²) in [6, 6.07) is 1.34. The second-order valence-corrected chi connectivity index (χ2v) is 6.72. The second kappa shape index (κ2) is 6.71. The van der Waals surface area contributed by atoms with Crippen LogP contribution in [0.3, 0.4) is 0 Å². The molecule has 1 aliphatic heterocycles. The van der Waals surface area contributed by atoms with Crippen LogP contribution < -0.4 is 5.32 Å². The minimum Gasteiger partial charge on any atom is -0.481 e. The van der Waals surface area contributed by atoms with Gasteiger partial charge in [0.15, 0.2) is 0 Å². The summed E-state index contributed by atoms with van der Waals surface area (Å²) in [4.78, 5) is 13.3. The molecule has 1 saturated heterocycles. The zero-order valence-electron chi connectivity index (χ0n) is 12.3. The summed E-state index contributed by atoms with van der Waals surface area (Å²) in [7, 11) is 0. The van der Waals surface area contributed by atoms with Gasteiger partial charge in [0.05, 0.1) is 0 Å². The van der Waals surface area contributed by atoms with Crippen molar-refractivity contribution in [3.8, 4) is 0 Å². The van der Waals surface area contributed by atoms with Crippen molar-refractivity contribution >= 4 is 5.97 Å². The van der Waals surface area contributed by atoms with E-state index in [1.165, 1.54) is 12.8 Å². The molecule has 4 heteroatoms. The van der Waals surface area contributed by atoms with Gasteiger partial charge in [-0.2, -0.15) is 0 Å². The first-order valence-electron chi connectivity index (χ1n) is 7.73. The average molecular weight is 268 g/mol. The fourth-order valence-corrected chi connectivity index (χ4v) is 3.07. The topological polar surface area (TPSA) is 52.6 Å². The number of hydrogen-bond donors (Lipinski definition) is 2. The lowest BCUT2D eigenvalue weighted by molar-refractivity contribution is -0.137. The molecule has 1 heterocycles. The number of carbonyl (C=O) groups is 1. The largest absolute Gasteiger partial charge is 0.481 e. The van der Waals surface area contributed by atoms with Crippen molar-refractivity contribution < 1.29 is 9.90 Å². The van der Waals surface area contributed by atoms with Gasteiger partial charge in [-0.3, -0.25) is 9.69 Å². The van der Waals surface area contributed by atoms with E-state index in [0.717, 1.165) is 38.5 Å². The molecular weight excluding hydrogens is 240 g/mol. The Morgan fingerprint density at radius 3 is 2.68 bits per heavy atom. The molecule has 0 amide bonds. The molecule has 2 atom stereocenters. The van der Waals surface area contributed by atoms with E-state index in [9.17, 15) is 4.79 Å². The van der Waals surface area contributed by atoms with Crippen LogP contribution in [0.2, 0.25) is 0 Å². The van der Waals surface area contributed by atoms with E-state index < -0.39 is 5.97 Å². The van der Waals surface area contributed by atoms with E-state index >= 15 is 0 Å². The maximum absolute atomic E-state index is 10.7. The predicted molar refractivity (Wildman–Crippen MR) is 76.2 cm³/mol. The van der Waals surface area contributed by atoms with E-state index in [0.29, 0.717) is 24.3 Å². The van der Waals surface area contributed by atoms with Crippen LogP contribution in [0.15, 0.2) is 0 Å². The molecule has 1 aliphatic carbocycles. The Bertz CT molecular complexity index is 303. The lowest BCUT2D eigenvalue weighted by Crippen LogP contribution is -2.50. The lowest BCUT2D eigenvalue weighted by atomic mass is 9.90. The molecular formula is C15H28N2O2. The Labute approximate surface area is 116 Å². The van der Waals surface area contributed by atoms with Gasteiger partial charge >= 0.3 is 5.97 Å². The molecule has 4 nitrogen and oxygen atoms in total. The maximum atomic E-state index is 10.7. The molecule has 2 aliphatic rings. The predicted octanol–water partition coefficient (Wildman–Crippen LogP) is 1.95. The molecule has 2 unspecified atom stereocenters. The quantitative estimate of drug-likeness (QED) is 0.741. The first-order valence-corrected chi connectivity index (χ1v) is 7.73. The number of nitrogens with one attached hydrogen (secondary N) is 1. The summed E-state index contributed by atoms with van der Waals surface area (Å²) >= 11 is 0. The molecule has 1 saturated carbocycles. The Kier molecular flexibility index (Phi) is 5.22. The van der Waals surface area contributed by atoms with Crippen molar-refractivity contribution in [3.63, 3.8) is 0 Å². The molecule has 0 bridgehead atoms. The molecule has 0 spiro atoms. The van der Waals surface area contributed by atoms with Gasteiger partial charge in [0.2, 0.25) is 0 Å². The fourth-order valence-electron chi connectivity index (χ4n) is 3.07. The maximum Gasteiger partial charge on any atom is 0.303 e. The van der Waals surface area contributed by atoms with Gasteiger partial charge in [0.1, 0.15) is 0 Å². The highest BCUT2D eigenvalue weighted by molar-refractivity contribution is 5.66. The Hall–Kier alpha value is -0.610. The van der Waals surface area contributed by atoms with Crippen LogP contribution >= 0.6 is 0 Å². The molecule has 0 aromatic heterocycles. The van der Waals surface area contributed by atoms with Crippen molar-refractivity contribution in [2.45, 2.75) is 58.0 Å². The highest BCUT2D eigenvalue weighted by Crippen LogP contribution is 2.32. The van der Waals surface area contributed by atoms with Crippen molar-refractivity contribution in [1.82, 2.24) is 10.2 Å². The number of likely N-dealkylation sites (tertiary alicyclic amines) is 1. The molecule has 0 aromatic rings. The van der Waals surface area contributed by atoms with Crippen LogP contribution in [-0.2, 0) is 4.79 Å². The normalized spacial score (nSPS) is 28.8. The zero-order valence-corrected chi connectivity index (χ0v) is 12.3. The van der Waals surface area contributed by atoms with E-state index in [-0.39, 0.29) is 0 Å². The van der Waals surface area contributed by atoms with Gasteiger partial charge in [0.25, 0.3) is 0 Å². The van der Waals surface area contributed by atoms with E-state index in [2.05, 4.69) is 24.1 Å². The third-order valence-electron chi connectivity index (χ3n) is 4.21. The van der Waals surface area contributed by atoms with Crippen molar-refractivity contribution in [3.05, 3.63) is 0 Å². The molecule has 2 fully saturated rings. The van der Waals surface area contributed by atoms with Crippen LogP contribution in [0.25, 0.3) is 0 Å². The number of piperidine rings is 1. The van der Waals surface area contributed by atoms with Gasteiger partial charge in [0, 0.05) is 31.6 Å². The Morgan fingerprint density at radius 2 is 2.11 bits per heavy atom. The molecule has 19 heavy (non-hydrogen) atoms. The van der Waals surface area contributed by atoms with E-state index in [1.807, 2.05) is 0 Å². The third-order valence-corrected chi connectivity index (χ3v) is 4.21. The number of rotatable bonds is 7. The Balaban J connectivity index is 1.82. The first kappa shape index (κ1) is 14.8. The smallest absolute Gasteiger partial charge is 0.303 e. The summed E-state index contributed by atoms with van der Waals surface area (Å²) in [5.41, 5.74) is 0. The summed E-state index contributed by atoms with van der Waals surface area (Å²) < 4.78 is 0. The third kappa shape index (κ3) is 5.11. The SMILES string of the molecule is CC(C)CNC1CC(CCC(=O)O)CN(C2CC2)C1. The first-order chi connectivity index (χ1) is 9.04. The van der Waals surface area contributed by atoms with Gasteiger partial charge in [-0.1, -0.05) is 13.8 Å². The van der Waals surface area contributed by atoms with Gasteiger partial charge in [-0.15, -0.1) is 0 Å². The number of aliphatic carboxylic acids is 1. The van der Waals surface area contributed by atoms with Crippen molar-refractivity contribution in [1.29, 1.82) is 0 Å². The second-order valence-electron chi connectivity index (χ2n) is 6.72. The summed E-state index contributed by atoms with van der Waals surface area (Å²) in [6.45, 7) is 7.79. The lowest BCUT2D eigenvalue weighted by Gasteiger charge is -2.38. The van der Waals surface area contributed by atoms with Crippen LogP contribution in [0, 0.1) is 11.8 Å². The zero-order chi connectivity index (χ0) is 13.8. The number of carboxylic acids is 1. The number of carboxylic acid groups (broad SMARTS) is 1. The molecule has 0 radical (unpaired) electrons. The number of hydrogen-bond acceptors (Lipinski definition) is 3. The molecule has 2 rings (SSSR count). The minimum absolute atomic E-state index is 0.320. The van der Waals surface area contributed by atoms with Gasteiger partial charge in [-0.05, 0) is 44.1 Å². The summed E-state index contributed by atoms with van der Waals surface area (Å²) in [5.74, 6) is 0.569. The molecule has 0 aromatic carbocycles. The molecule has 110 valence electrons. The summed E-state index contributed by atoms with van der Waals surface area (Å²) in [6.07, 6.45) is 4.97. The Morgan fingerprint density at radius 1 is 1.37 bits per heavy atom. The van der Waals surface area contributed by atoms with Gasteiger partial charge < -0.3 is 10.4 Å². The van der Waals surface area contributed by atoms with Crippen LogP contribution in [0.5, 0.6) is 0 Å². The van der Waals surface area contributed by atoms with Gasteiger partial charge in [-0.25, -0.2) is 0 Å². The van der Waals surface area contributed by atoms with Crippen molar-refractivity contribution in [2.24, 2.45) is 11.8 Å². The molecule has 2 N–H and O–H groups in total. The van der Waals surface area contributed by atoms with E-state index in [4.69, 9.17) is 5.11 Å². The summed E-state index contributed by atoms with van der Waals surface area (Å²) in [5, 5.41) is 12.5. The standard InChI is InChI=1S/C15H28N2O2/c1-11(2)8-16-13-7-12(3-6-15(18)19)9-17(10-13)14-4-5-14/h11-14,16H,3-10H2,1-2H3,(H,18,19). The number of nitrogens with zero attached hydrogens (tertiary/aromatic N) is 1. The monoisotopic (exact) mass is 268 g/mol. The minimum atomic E-state index is -0.657. The van der Waals surface area contributed by atoms with Crippen molar-refractivity contribution in [2.75, 3.05) is 19.6 Å². The van der Waals surface area contributed by atoms with Crippen LogP contribution in [-0.4, -0.2) is 47.7 Å². The van der Waals surface area contributed by atoms with E-state index in [1.54, 1.807) is 0 Å². The average Bonchev–Trinajstić information content (AvgIpc) is 3.18. The highest BCUT2D eigenvalue weighted by Gasteiger charge is 2.35. The van der Waals surface area contributed by atoms with Crippen LogP contribution in [0.1, 0.15) is 46.0 Å². The van der Waals surface area contributed by atoms with Crippen LogP contribution in [0.4, 0.5) is 0 Å². The fraction of sp³-hybridized carbons (Fsp3) is 0.933. The highest BCUT2D eigenvalue weighted by atomic mass is 16.4.